The minimum atomic E-state index is -0.686. The van der Waals surface area contributed by atoms with E-state index < -0.39 is 16.6 Å². The molecule has 0 bridgehead atoms. The van der Waals surface area contributed by atoms with Crippen LogP contribution in [0.5, 0.6) is 0 Å². The summed E-state index contributed by atoms with van der Waals surface area (Å²) in [5, 5.41) is 13.6. The lowest BCUT2D eigenvalue weighted by atomic mass is 10.1. The highest BCUT2D eigenvalue weighted by Gasteiger charge is 2.21. The van der Waals surface area contributed by atoms with Crippen molar-refractivity contribution in [1.82, 2.24) is 0 Å². The van der Waals surface area contributed by atoms with Gasteiger partial charge in [0.1, 0.15) is 11.4 Å². The number of hydrogen-bond acceptors (Lipinski definition) is 3. The van der Waals surface area contributed by atoms with Gasteiger partial charge in [-0.15, -0.1) is 0 Å². The lowest BCUT2D eigenvalue weighted by Crippen LogP contribution is -2.14. The Morgan fingerprint density at radius 2 is 2.00 bits per heavy atom. The molecule has 0 fully saturated rings. The number of nitro benzene ring substituents is 1. The minimum Gasteiger partial charge on any atom is -0.321 e. The topological polar surface area (TPSA) is 72.2 Å². The van der Waals surface area contributed by atoms with Gasteiger partial charge in [-0.05, 0) is 52.9 Å². The molecule has 1 N–H and O–H groups in total. The van der Waals surface area contributed by atoms with Gasteiger partial charge >= 0.3 is 0 Å². The van der Waals surface area contributed by atoms with Gasteiger partial charge in [0.2, 0.25) is 0 Å². The molecule has 0 saturated heterocycles. The van der Waals surface area contributed by atoms with E-state index in [-0.39, 0.29) is 16.3 Å². The Morgan fingerprint density at radius 3 is 2.62 bits per heavy atom. The van der Waals surface area contributed by atoms with Crippen LogP contribution in [-0.4, -0.2) is 10.8 Å². The monoisotopic (exact) mass is 420 g/mol. The van der Waals surface area contributed by atoms with Crippen molar-refractivity contribution >= 4 is 51.5 Å². The van der Waals surface area contributed by atoms with Gasteiger partial charge < -0.3 is 5.32 Å². The largest absolute Gasteiger partial charge is 0.321 e. The van der Waals surface area contributed by atoms with Crippen molar-refractivity contribution in [2.75, 3.05) is 5.32 Å². The van der Waals surface area contributed by atoms with Crippen LogP contribution in [-0.2, 0) is 0 Å². The zero-order valence-corrected chi connectivity index (χ0v) is 13.2. The number of carbonyl (C=O) groups excluding carboxylic acids is 1. The van der Waals surface area contributed by atoms with E-state index in [0.29, 0.717) is 9.26 Å². The van der Waals surface area contributed by atoms with E-state index in [1.54, 1.807) is 0 Å². The summed E-state index contributed by atoms with van der Waals surface area (Å²) in [6.07, 6.45) is 0. The van der Waals surface area contributed by atoms with Gasteiger partial charge in [0.05, 0.1) is 10.6 Å². The molecule has 2 aromatic carbocycles. The fourth-order valence-corrected chi connectivity index (χ4v) is 2.41. The van der Waals surface area contributed by atoms with Gasteiger partial charge in [-0.3, -0.25) is 14.9 Å². The maximum absolute atomic E-state index is 13.0. The van der Waals surface area contributed by atoms with Crippen molar-refractivity contribution < 1.29 is 14.1 Å². The molecule has 0 atom stereocenters. The predicted octanol–water partition coefficient (Wildman–Crippen LogP) is 4.24. The van der Waals surface area contributed by atoms with E-state index in [1.165, 1.54) is 30.3 Å². The fraction of sp³-hybridized carbons (Fsp3) is 0. The molecule has 0 spiro atoms. The molecule has 21 heavy (non-hydrogen) atoms. The highest BCUT2D eigenvalue weighted by atomic mass is 127. The van der Waals surface area contributed by atoms with Crippen molar-refractivity contribution in [3.8, 4) is 0 Å². The van der Waals surface area contributed by atoms with Crippen LogP contribution in [0.4, 0.5) is 15.8 Å². The molecule has 0 aliphatic carbocycles. The molecule has 0 heterocycles. The van der Waals surface area contributed by atoms with Crippen LogP contribution in [0.25, 0.3) is 0 Å². The van der Waals surface area contributed by atoms with Crippen LogP contribution >= 0.6 is 34.2 Å². The van der Waals surface area contributed by atoms with Crippen LogP contribution in [0, 0.1) is 19.5 Å². The summed E-state index contributed by atoms with van der Waals surface area (Å²) in [6.45, 7) is 0. The Bertz CT molecular complexity index is 739. The predicted molar refractivity (Wildman–Crippen MR) is 85.2 cm³/mol. The summed E-state index contributed by atoms with van der Waals surface area (Å²) in [6, 6.07) is 7.51. The van der Waals surface area contributed by atoms with E-state index in [1.807, 2.05) is 22.6 Å². The second-order valence-electron chi connectivity index (χ2n) is 4.00. The van der Waals surface area contributed by atoms with Crippen molar-refractivity contribution in [3.63, 3.8) is 0 Å². The van der Waals surface area contributed by atoms with Gasteiger partial charge in [-0.2, -0.15) is 0 Å². The zero-order valence-electron chi connectivity index (χ0n) is 10.3. The fourth-order valence-electron chi connectivity index (χ4n) is 1.63. The number of rotatable bonds is 3. The number of amides is 1. The summed E-state index contributed by atoms with van der Waals surface area (Å²) in [5.74, 6) is -1.13. The Balaban J connectivity index is 2.36. The van der Waals surface area contributed by atoms with E-state index in [9.17, 15) is 19.3 Å². The Kier molecular flexibility index (Phi) is 4.73. The van der Waals surface area contributed by atoms with Crippen LogP contribution in [0.1, 0.15) is 10.4 Å². The van der Waals surface area contributed by atoms with Crippen LogP contribution in [0.15, 0.2) is 36.4 Å². The summed E-state index contributed by atoms with van der Waals surface area (Å²) < 4.78 is 13.5. The highest BCUT2D eigenvalue weighted by Crippen LogP contribution is 2.25. The molecule has 2 rings (SSSR count). The molecule has 2 aromatic rings. The molecular formula is C13H7ClFIN2O3. The quantitative estimate of drug-likeness (QED) is 0.458. The van der Waals surface area contributed by atoms with Gasteiger partial charge in [-0.1, -0.05) is 11.6 Å². The molecule has 0 unspecified atom stereocenters. The smallest absolute Gasteiger partial charge is 0.282 e. The van der Waals surface area contributed by atoms with Gasteiger partial charge in [0.25, 0.3) is 11.6 Å². The maximum atomic E-state index is 13.0. The third-order valence-corrected chi connectivity index (χ3v) is 3.71. The first-order chi connectivity index (χ1) is 9.88. The van der Waals surface area contributed by atoms with Crippen LogP contribution in [0.3, 0.4) is 0 Å². The number of benzene rings is 2. The van der Waals surface area contributed by atoms with Gasteiger partial charge in [0, 0.05) is 14.7 Å². The van der Waals surface area contributed by atoms with Crippen molar-refractivity contribution in [1.29, 1.82) is 0 Å². The summed E-state index contributed by atoms with van der Waals surface area (Å²) in [5.41, 5.74) is -0.155. The molecule has 108 valence electrons. The number of nitrogens with one attached hydrogen (secondary N) is 1. The number of hydrogen-bond donors (Lipinski definition) is 1. The Hall–Kier alpha value is -1.74. The Labute approximate surface area is 137 Å². The number of halogens is 3. The minimum absolute atomic E-state index is 0.160. The number of nitrogens with zero attached hydrogens (tertiary/aromatic N) is 1. The Morgan fingerprint density at radius 1 is 1.29 bits per heavy atom. The number of carbonyl (C=O) groups is 1. The first kappa shape index (κ1) is 15.6. The number of anilines is 1. The average Bonchev–Trinajstić information content (AvgIpc) is 2.41. The lowest BCUT2D eigenvalue weighted by molar-refractivity contribution is -0.385. The summed E-state index contributed by atoms with van der Waals surface area (Å²) in [4.78, 5) is 22.4. The maximum Gasteiger partial charge on any atom is 0.282 e. The van der Waals surface area contributed by atoms with Crippen molar-refractivity contribution in [3.05, 3.63) is 66.5 Å². The molecule has 1 amide bonds. The van der Waals surface area contributed by atoms with Crippen molar-refractivity contribution in [2.24, 2.45) is 0 Å². The first-order valence-electron chi connectivity index (χ1n) is 5.59. The summed E-state index contributed by atoms with van der Waals surface area (Å²) >= 11 is 7.62. The standard InChI is InChI=1S/C13H7ClFIN2O3/c14-7-1-4-12(18(20)21)9(5-7)13(19)17-11-3-2-8(15)6-10(11)16/h1-6H,(H,17,19). The molecule has 8 heteroatoms. The van der Waals surface area contributed by atoms with E-state index in [4.69, 9.17) is 11.6 Å². The van der Waals surface area contributed by atoms with Gasteiger partial charge in [-0.25, -0.2) is 4.39 Å². The molecule has 0 radical (unpaired) electrons. The van der Waals surface area contributed by atoms with Crippen molar-refractivity contribution in [2.45, 2.75) is 0 Å². The molecule has 0 aliphatic rings. The zero-order chi connectivity index (χ0) is 15.6. The molecule has 0 aromatic heterocycles. The van der Waals surface area contributed by atoms with Gasteiger partial charge in [0.15, 0.2) is 0 Å². The third kappa shape index (κ3) is 3.67. The van der Waals surface area contributed by atoms with E-state index in [2.05, 4.69) is 5.32 Å². The van der Waals surface area contributed by atoms with E-state index >= 15 is 0 Å². The second kappa shape index (κ2) is 6.35. The highest BCUT2D eigenvalue weighted by molar-refractivity contribution is 14.1. The van der Waals surface area contributed by atoms with E-state index in [0.717, 1.165) is 6.07 Å². The summed E-state index contributed by atoms with van der Waals surface area (Å²) in [7, 11) is 0. The average molecular weight is 421 g/mol. The number of nitro groups is 1. The molecule has 0 saturated carbocycles. The third-order valence-electron chi connectivity index (χ3n) is 2.58. The second-order valence-corrected chi connectivity index (χ2v) is 5.60. The normalized spacial score (nSPS) is 10.2. The van der Waals surface area contributed by atoms with Crippen LogP contribution in [0.2, 0.25) is 5.02 Å². The van der Waals surface area contributed by atoms with Crippen LogP contribution < -0.4 is 5.32 Å². The first-order valence-corrected chi connectivity index (χ1v) is 7.04. The molecule has 0 aliphatic heterocycles. The molecule has 5 nitrogen and oxygen atoms in total. The SMILES string of the molecule is O=C(Nc1ccc(F)cc1I)c1cc(Cl)ccc1[N+](=O)[O-]. The molecular weight excluding hydrogens is 414 g/mol. The lowest BCUT2D eigenvalue weighted by Gasteiger charge is -2.08.